The van der Waals surface area contributed by atoms with Gasteiger partial charge in [-0.3, -0.25) is 4.79 Å². The Bertz CT molecular complexity index is 282. The molecule has 0 unspecified atom stereocenters. The fourth-order valence-electron chi connectivity index (χ4n) is 1.26. The van der Waals surface area contributed by atoms with E-state index in [1.807, 2.05) is 25.3 Å². The summed E-state index contributed by atoms with van der Waals surface area (Å²) in [4.78, 5) is 13.3. The standard InChI is InChI=1S/C10H16N2OS/c1-8(2)12(10(13)5-11)6-9-3-4-14-7-9/h3-4,7-8H,5-6,11H2,1-2H3. The molecule has 0 aliphatic carbocycles. The first kappa shape index (κ1) is 11.2. The predicted octanol–water partition coefficient (Wildman–Crippen LogP) is 1.44. The van der Waals surface area contributed by atoms with E-state index in [2.05, 4.69) is 5.38 Å². The van der Waals surface area contributed by atoms with Crippen LogP contribution in [0.5, 0.6) is 0 Å². The van der Waals surface area contributed by atoms with Crippen LogP contribution in [0.25, 0.3) is 0 Å². The summed E-state index contributed by atoms with van der Waals surface area (Å²) >= 11 is 1.64. The fourth-order valence-corrected chi connectivity index (χ4v) is 1.92. The SMILES string of the molecule is CC(C)N(Cc1ccsc1)C(=O)CN. The number of carbonyl (C=O) groups excluding carboxylic acids is 1. The minimum atomic E-state index is 0.00574. The van der Waals surface area contributed by atoms with E-state index in [4.69, 9.17) is 5.73 Å². The first-order chi connectivity index (χ1) is 6.65. The Morgan fingerprint density at radius 3 is 2.79 bits per heavy atom. The van der Waals surface area contributed by atoms with Gasteiger partial charge < -0.3 is 10.6 Å². The Labute approximate surface area is 88.5 Å². The zero-order valence-electron chi connectivity index (χ0n) is 8.56. The topological polar surface area (TPSA) is 46.3 Å². The predicted molar refractivity (Wildman–Crippen MR) is 59.1 cm³/mol. The largest absolute Gasteiger partial charge is 0.335 e. The molecule has 0 saturated carbocycles. The molecule has 0 aromatic carbocycles. The van der Waals surface area contributed by atoms with Crippen LogP contribution in [0.4, 0.5) is 0 Å². The zero-order valence-corrected chi connectivity index (χ0v) is 9.38. The number of amides is 1. The lowest BCUT2D eigenvalue weighted by molar-refractivity contribution is -0.132. The van der Waals surface area contributed by atoms with Gasteiger partial charge in [0.15, 0.2) is 0 Å². The molecule has 3 nitrogen and oxygen atoms in total. The van der Waals surface area contributed by atoms with E-state index in [1.165, 1.54) is 5.56 Å². The molecule has 1 rings (SSSR count). The summed E-state index contributed by atoms with van der Waals surface area (Å²) in [5.41, 5.74) is 6.52. The smallest absolute Gasteiger partial charge is 0.236 e. The van der Waals surface area contributed by atoms with Gasteiger partial charge in [0.05, 0.1) is 6.54 Å². The third-order valence-corrected chi connectivity index (χ3v) is 2.78. The highest BCUT2D eigenvalue weighted by Crippen LogP contribution is 2.11. The monoisotopic (exact) mass is 212 g/mol. The highest BCUT2D eigenvalue weighted by molar-refractivity contribution is 7.07. The van der Waals surface area contributed by atoms with Crippen molar-refractivity contribution in [3.05, 3.63) is 22.4 Å². The molecular formula is C10H16N2OS. The molecule has 0 fully saturated rings. The molecule has 0 bridgehead atoms. The van der Waals surface area contributed by atoms with Crippen LogP contribution in [0, 0.1) is 0 Å². The zero-order chi connectivity index (χ0) is 10.6. The number of nitrogens with two attached hydrogens (primary N) is 1. The molecule has 0 aliphatic heterocycles. The number of hydrogen-bond donors (Lipinski definition) is 1. The van der Waals surface area contributed by atoms with Crippen molar-refractivity contribution in [2.24, 2.45) is 5.73 Å². The van der Waals surface area contributed by atoms with Gasteiger partial charge in [0.2, 0.25) is 5.91 Å². The number of rotatable bonds is 4. The van der Waals surface area contributed by atoms with Gasteiger partial charge in [-0.25, -0.2) is 0 Å². The van der Waals surface area contributed by atoms with Crippen LogP contribution in [0.2, 0.25) is 0 Å². The van der Waals surface area contributed by atoms with Crippen molar-refractivity contribution < 1.29 is 4.79 Å². The molecule has 1 amide bonds. The highest BCUT2D eigenvalue weighted by atomic mass is 32.1. The summed E-state index contributed by atoms with van der Waals surface area (Å²) in [6, 6.07) is 2.23. The Hall–Kier alpha value is -0.870. The highest BCUT2D eigenvalue weighted by Gasteiger charge is 2.15. The van der Waals surface area contributed by atoms with Gasteiger partial charge >= 0.3 is 0 Å². The van der Waals surface area contributed by atoms with E-state index in [9.17, 15) is 4.79 Å². The molecule has 2 N–H and O–H groups in total. The van der Waals surface area contributed by atoms with E-state index in [0.717, 1.165) is 0 Å². The lowest BCUT2D eigenvalue weighted by Crippen LogP contribution is -2.40. The van der Waals surface area contributed by atoms with Gasteiger partial charge in [-0.05, 0) is 36.2 Å². The van der Waals surface area contributed by atoms with Crippen LogP contribution >= 0.6 is 11.3 Å². The number of nitrogens with zero attached hydrogens (tertiary/aromatic N) is 1. The maximum absolute atomic E-state index is 11.5. The van der Waals surface area contributed by atoms with Gasteiger partial charge in [0.1, 0.15) is 0 Å². The maximum Gasteiger partial charge on any atom is 0.236 e. The normalized spacial score (nSPS) is 10.6. The van der Waals surface area contributed by atoms with Crippen LogP contribution in [-0.4, -0.2) is 23.4 Å². The molecule has 1 aromatic heterocycles. The molecule has 0 saturated heterocycles. The van der Waals surface area contributed by atoms with Gasteiger partial charge in [-0.2, -0.15) is 11.3 Å². The van der Waals surface area contributed by atoms with Crippen molar-refractivity contribution in [3.63, 3.8) is 0 Å². The van der Waals surface area contributed by atoms with Gasteiger partial charge in [-0.1, -0.05) is 0 Å². The number of thiophene rings is 1. The summed E-state index contributed by atoms with van der Waals surface area (Å²) in [7, 11) is 0. The van der Waals surface area contributed by atoms with Gasteiger partial charge in [0, 0.05) is 12.6 Å². The van der Waals surface area contributed by atoms with Crippen molar-refractivity contribution in [1.82, 2.24) is 4.90 Å². The second kappa shape index (κ2) is 5.12. The van der Waals surface area contributed by atoms with Crippen LogP contribution in [0.3, 0.4) is 0 Å². The lowest BCUT2D eigenvalue weighted by atomic mass is 10.2. The van der Waals surface area contributed by atoms with Crippen molar-refractivity contribution in [2.45, 2.75) is 26.4 Å². The van der Waals surface area contributed by atoms with Crippen LogP contribution in [0.1, 0.15) is 19.4 Å². The third-order valence-electron chi connectivity index (χ3n) is 2.05. The molecular weight excluding hydrogens is 196 g/mol. The van der Waals surface area contributed by atoms with Crippen molar-refractivity contribution >= 4 is 17.2 Å². The Morgan fingerprint density at radius 1 is 1.64 bits per heavy atom. The van der Waals surface area contributed by atoms with Crippen molar-refractivity contribution in [1.29, 1.82) is 0 Å². The van der Waals surface area contributed by atoms with Crippen molar-refractivity contribution in [3.8, 4) is 0 Å². The third kappa shape index (κ3) is 2.82. The lowest BCUT2D eigenvalue weighted by Gasteiger charge is -2.25. The molecule has 14 heavy (non-hydrogen) atoms. The van der Waals surface area contributed by atoms with E-state index >= 15 is 0 Å². The minimum absolute atomic E-state index is 0.00574. The van der Waals surface area contributed by atoms with E-state index < -0.39 is 0 Å². The van der Waals surface area contributed by atoms with Gasteiger partial charge in [0.25, 0.3) is 0 Å². The summed E-state index contributed by atoms with van der Waals surface area (Å²) in [5.74, 6) is 0.00574. The van der Waals surface area contributed by atoms with Crippen molar-refractivity contribution in [2.75, 3.05) is 6.54 Å². The van der Waals surface area contributed by atoms with Crippen LogP contribution in [-0.2, 0) is 11.3 Å². The molecule has 1 aromatic rings. The number of carbonyl (C=O) groups is 1. The van der Waals surface area contributed by atoms with Crippen LogP contribution in [0.15, 0.2) is 16.8 Å². The molecule has 0 radical (unpaired) electrons. The quantitative estimate of drug-likeness (QED) is 0.821. The Balaban J connectivity index is 2.65. The first-order valence-corrected chi connectivity index (χ1v) is 5.60. The number of hydrogen-bond acceptors (Lipinski definition) is 3. The Morgan fingerprint density at radius 2 is 2.36 bits per heavy atom. The summed E-state index contributed by atoms with van der Waals surface area (Å²) in [6.45, 7) is 4.75. The minimum Gasteiger partial charge on any atom is -0.335 e. The Kier molecular flexibility index (Phi) is 4.10. The van der Waals surface area contributed by atoms with E-state index in [0.29, 0.717) is 6.54 Å². The summed E-state index contributed by atoms with van der Waals surface area (Å²) < 4.78 is 0. The second-order valence-corrected chi connectivity index (χ2v) is 4.23. The van der Waals surface area contributed by atoms with E-state index in [-0.39, 0.29) is 18.5 Å². The first-order valence-electron chi connectivity index (χ1n) is 4.65. The second-order valence-electron chi connectivity index (χ2n) is 3.45. The molecule has 0 aliphatic rings. The van der Waals surface area contributed by atoms with Crippen LogP contribution < -0.4 is 5.73 Å². The average molecular weight is 212 g/mol. The fraction of sp³-hybridized carbons (Fsp3) is 0.500. The van der Waals surface area contributed by atoms with E-state index in [1.54, 1.807) is 16.2 Å². The molecule has 4 heteroatoms. The summed E-state index contributed by atoms with van der Waals surface area (Å²) in [6.07, 6.45) is 0. The van der Waals surface area contributed by atoms with Gasteiger partial charge in [-0.15, -0.1) is 0 Å². The molecule has 0 spiro atoms. The summed E-state index contributed by atoms with van der Waals surface area (Å²) in [5, 5.41) is 4.07. The molecule has 1 heterocycles. The maximum atomic E-state index is 11.5. The molecule has 78 valence electrons. The molecule has 0 atom stereocenters. The average Bonchev–Trinajstić information content (AvgIpc) is 2.65.